The van der Waals surface area contributed by atoms with Crippen molar-refractivity contribution in [3.05, 3.63) is 53.1 Å². The van der Waals surface area contributed by atoms with E-state index in [0.29, 0.717) is 12.4 Å². The summed E-state index contributed by atoms with van der Waals surface area (Å²) < 4.78 is 5.42. The number of ether oxygens (including phenoxy) is 1. The maximum Gasteiger partial charge on any atom is 0.335 e. The Labute approximate surface area is 121 Å². The summed E-state index contributed by atoms with van der Waals surface area (Å²) in [5.74, 6) is -0.160. The van der Waals surface area contributed by atoms with Gasteiger partial charge in [-0.05, 0) is 35.4 Å². The molecule has 3 rings (SSSR count). The summed E-state index contributed by atoms with van der Waals surface area (Å²) in [6.45, 7) is 0.492. The molecule has 106 valence electrons. The standard InChI is InChI=1S/C16H14N2O3/c17-13-8-12(16(19)20)5-4-11(13)3-1-10-2-6-14-15(7-10)21-9-18-14/h1-8,18H,9,17H2,(H,19,20). The molecular formula is C16H14N2O3. The Bertz CT molecular complexity index is 738. The maximum atomic E-state index is 10.9. The van der Waals surface area contributed by atoms with Crippen LogP contribution in [0.3, 0.4) is 0 Å². The number of nitrogens with two attached hydrogens (primary N) is 1. The molecule has 0 unspecified atom stereocenters. The molecule has 0 saturated heterocycles. The van der Waals surface area contributed by atoms with Crippen molar-refractivity contribution in [3.63, 3.8) is 0 Å². The lowest BCUT2D eigenvalue weighted by Crippen LogP contribution is -1.98. The molecule has 5 heteroatoms. The van der Waals surface area contributed by atoms with Gasteiger partial charge in [0, 0.05) is 5.69 Å². The number of carboxylic acid groups (broad SMARTS) is 1. The van der Waals surface area contributed by atoms with E-state index in [1.54, 1.807) is 6.07 Å². The average molecular weight is 282 g/mol. The number of nitrogens with one attached hydrogen (secondary N) is 1. The molecule has 0 fully saturated rings. The molecule has 0 aromatic heterocycles. The van der Waals surface area contributed by atoms with E-state index in [4.69, 9.17) is 15.6 Å². The van der Waals surface area contributed by atoms with Gasteiger partial charge in [-0.15, -0.1) is 0 Å². The molecule has 1 heterocycles. The highest BCUT2D eigenvalue weighted by molar-refractivity contribution is 5.90. The zero-order valence-electron chi connectivity index (χ0n) is 11.2. The number of carbonyl (C=O) groups is 1. The number of hydrogen-bond donors (Lipinski definition) is 3. The summed E-state index contributed by atoms with van der Waals surface area (Å²) in [6, 6.07) is 10.6. The molecule has 0 bridgehead atoms. The van der Waals surface area contributed by atoms with E-state index in [2.05, 4.69) is 5.32 Å². The van der Waals surface area contributed by atoms with E-state index in [1.165, 1.54) is 12.1 Å². The minimum atomic E-state index is -0.986. The lowest BCUT2D eigenvalue weighted by molar-refractivity contribution is 0.0697. The number of rotatable bonds is 3. The third kappa shape index (κ3) is 2.67. The molecule has 0 spiro atoms. The summed E-state index contributed by atoms with van der Waals surface area (Å²) >= 11 is 0. The van der Waals surface area contributed by atoms with Crippen LogP contribution in [0.4, 0.5) is 11.4 Å². The highest BCUT2D eigenvalue weighted by Crippen LogP contribution is 2.30. The summed E-state index contributed by atoms with van der Waals surface area (Å²) in [6.07, 6.45) is 3.76. The van der Waals surface area contributed by atoms with Crippen LogP contribution in [0.15, 0.2) is 36.4 Å². The quantitative estimate of drug-likeness (QED) is 0.595. The van der Waals surface area contributed by atoms with Crippen LogP contribution >= 0.6 is 0 Å². The van der Waals surface area contributed by atoms with E-state index in [-0.39, 0.29) is 5.56 Å². The number of aromatic carboxylic acids is 1. The zero-order valence-corrected chi connectivity index (χ0v) is 11.2. The second kappa shape index (κ2) is 5.20. The number of hydrogen-bond acceptors (Lipinski definition) is 4. The van der Waals surface area contributed by atoms with Crippen LogP contribution in [0, 0.1) is 0 Å². The van der Waals surface area contributed by atoms with Gasteiger partial charge in [0.1, 0.15) is 5.75 Å². The maximum absolute atomic E-state index is 10.9. The van der Waals surface area contributed by atoms with Crippen LogP contribution in [0.2, 0.25) is 0 Å². The Morgan fingerprint density at radius 2 is 2.10 bits per heavy atom. The third-order valence-corrected chi connectivity index (χ3v) is 3.29. The molecule has 0 amide bonds. The average Bonchev–Trinajstić information content (AvgIpc) is 2.93. The van der Waals surface area contributed by atoms with E-state index < -0.39 is 5.97 Å². The molecular weight excluding hydrogens is 268 g/mol. The fraction of sp³-hybridized carbons (Fsp3) is 0.0625. The van der Waals surface area contributed by atoms with Gasteiger partial charge >= 0.3 is 5.97 Å². The third-order valence-electron chi connectivity index (χ3n) is 3.29. The van der Waals surface area contributed by atoms with Crippen LogP contribution in [-0.4, -0.2) is 17.8 Å². The topological polar surface area (TPSA) is 84.6 Å². The summed E-state index contributed by atoms with van der Waals surface area (Å²) in [4.78, 5) is 10.9. The van der Waals surface area contributed by atoms with Gasteiger partial charge in [0.15, 0.2) is 6.73 Å². The summed E-state index contributed by atoms with van der Waals surface area (Å²) in [5.41, 5.74) is 9.23. The van der Waals surface area contributed by atoms with Gasteiger partial charge in [0.25, 0.3) is 0 Å². The first kappa shape index (κ1) is 13.1. The van der Waals surface area contributed by atoms with Gasteiger partial charge < -0.3 is 20.9 Å². The highest BCUT2D eigenvalue weighted by atomic mass is 16.5. The first-order chi connectivity index (χ1) is 10.1. The van der Waals surface area contributed by atoms with E-state index in [0.717, 1.165) is 22.6 Å². The van der Waals surface area contributed by atoms with Gasteiger partial charge in [-0.1, -0.05) is 24.3 Å². The van der Waals surface area contributed by atoms with Crippen molar-refractivity contribution in [1.82, 2.24) is 0 Å². The molecule has 1 aliphatic heterocycles. The summed E-state index contributed by atoms with van der Waals surface area (Å²) in [7, 11) is 0. The van der Waals surface area contributed by atoms with Crippen LogP contribution in [0.5, 0.6) is 5.75 Å². The Hall–Kier alpha value is -2.95. The number of carboxylic acids is 1. The normalized spacial score (nSPS) is 12.8. The smallest absolute Gasteiger partial charge is 0.335 e. The number of fused-ring (bicyclic) bond motifs is 1. The SMILES string of the molecule is Nc1cc(C(=O)O)ccc1C=Cc1ccc2c(c1)OCN2. The Morgan fingerprint density at radius 3 is 2.86 bits per heavy atom. The molecule has 0 aliphatic carbocycles. The van der Waals surface area contributed by atoms with Crippen molar-refractivity contribution in [2.75, 3.05) is 17.8 Å². The van der Waals surface area contributed by atoms with Crippen LogP contribution in [0.25, 0.3) is 12.2 Å². The highest BCUT2D eigenvalue weighted by Gasteiger charge is 2.10. The van der Waals surface area contributed by atoms with E-state index in [9.17, 15) is 4.79 Å². The molecule has 1 aliphatic rings. The van der Waals surface area contributed by atoms with Crippen molar-refractivity contribution in [2.45, 2.75) is 0 Å². The van der Waals surface area contributed by atoms with Gasteiger partial charge in [-0.2, -0.15) is 0 Å². The Balaban J connectivity index is 1.84. The molecule has 5 nitrogen and oxygen atoms in total. The minimum absolute atomic E-state index is 0.182. The molecule has 21 heavy (non-hydrogen) atoms. The van der Waals surface area contributed by atoms with Crippen molar-refractivity contribution in [2.24, 2.45) is 0 Å². The van der Waals surface area contributed by atoms with Crippen molar-refractivity contribution in [3.8, 4) is 5.75 Å². The van der Waals surface area contributed by atoms with Crippen molar-refractivity contribution in [1.29, 1.82) is 0 Å². The van der Waals surface area contributed by atoms with Gasteiger partial charge in [-0.3, -0.25) is 0 Å². The number of benzene rings is 2. The van der Waals surface area contributed by atoms with Crippen LogP contribution in [0.1, 0.15) is 21.5 Å². The van der Waals surface area contributed by atoms with Crippen molar-refractivity contribution >= 4 is 29.5 Å². The Morgan fingerprint density at radius 1 is 1.24 bits per heavy atom. The molecule has 0 saturated carbocycles. The summed E-state index contributed by atoms with van der Waals surface area (Å²) in [5, 5.41) is 12.0. The molecule has 4 N–H and O–H groups in total. The second-order valence-electron chi connectivity index (χ2n) is 4.70. The fourth-order valence-electron chi connectivity index (χ4n) is 2.15. The lowest BCUT2D eigenvalue weighted by atomic mass is 10.1. The molecule has 0 atom stereocenters. The predicted molar refractivity (Wildman–Crippen MR) is 82.3 cm³/mol. The first-order valence-electron chi connectivity index (χ1n) is 6.45. The van der Waals surface area contributed by atoms with E-state index in [1.807, 2.05) is 30.4 Å². The van der Waals surface area contributed by atoms with Gasteiger partial charge in [0.05, 0.1) is 11.3 Å². The lowest BCUT2D eigenvalue weighted by Gasteiger charge is -2.03. The monoisotopic (exact) mass is 282 g/mol. The Kier molecular flexibility index (Phi) is 3.23. The largest absolute Gasteiger partial charge is 0.478 e. The number of anilines is 2. The molecule has 2 aromatic rings. The van der Waals surface area contributed by atoms with E-state index >= 15 is 0 Å². The molecule has 0 radical (unpaired) electrons. The van der Waals surface area contributed by atoms with Crippen molar-refractivity contribution < 1.29 is 14.6 Å². The fourth-order valence-corrected chi connectivity index (χ4v) is 2.15. The minimum Gasteiger partial charge on any atom is -0.478 e. The number of nitrogen functional groups attached to an aromatic ring is 1. The predicted octanol–water partition coefficient (Wildman–Crippen LogP) is 2.90. The zero-order chi connectivity index (χ0) is 14.8. The molecule has 2 aromatic carbocycles. The van der Waals surface area contributed by atoms with Gasteiger partial charge in [0.2, 0.25) is 0 Å². The first-order valence-corrected chi connectivity index (χ1v) is 6.45. The van der Waals surface area contributed by atoms with Gasteiger partial charge in [-0.25, -0.2) is 4.79 Å². The second-order valence-corrected chi connectivity index (χ2v) is 4.70. The van der Waals surface area contributed by atoms with Crippen LogP contribution in [-0.2, 0) is 0 Å². The van der Waals surface area contributed by atoms with Crippen LogP contribution < -0.4 is 15.8 Å².